The summed E-state index contributed by atoms with van der Waals surface area (Å²) in [6, 6.07) is 7.57. The molecule has 1 amide bonds. The van der Waals surface area contributed by atoms with E-state index in [0.29, 0.717) is 5.39 Å². The van der Waals surface area contributed by atoms with Gasteiger partial charge in [-0.3, -0.25) is 9.59 Å². The van der Waals surface area contributed by atoms with Crippen molar-refractivity contribution >= 4 is 22.8 Å². The van der Waals surface area contributed by atoms with Crippen molar-refractivity contribution in [1.82, 2.24) is 5.32 Å². The van der Waals surface area contributed by atoms with Crippen molar-refractivity contribution < 1.29 is 19.1 Å². The zero-order chi connectivity index (χ0) is 14.9. The van der Waals surface area contributed by atoms with Gasteiger partial charge in [-0.1, -0.05) is 12.1 Å². The number of para-hydroxylation sites is 1. The molecule has 0 bridgehead atoms. The molecule has 6 heteroatoms. The summed E-state index contributed by atoms with van der Waals surface area (Å²) in [4.78, 5) is 34.8. The monoisotopic (exact) mass is 275 g/mol. The van der Waals surface area contributed by atoms with Crippen molar-refractivity contribution in [3.05, 3.63) is 46.3 Å². The van der Waals surface area contributed by atoms with E-state index < -0.39 is 17.4 Å². The molecule has 0 atom stereocenters. The van der Waals surface area contributed by atoms with Crippen LogP contribution < -0.4 is 10.7 Å². The number of carbonyl (C=O) groups is 2. The number of hydrogen-bond acceptors (Lipinski definition) is 4. The van der Waals surface area contributed by atoms with Crippen molar-refractivity contribution in [3.63, 3.8) is 0 Å². The Labute approximate surface area is 114 Å². The van der Waals surface area contributed by atoms with Crippen molar-refractivity contribution in [1.29, 1.82) is 0 Å². The van der Waals surface area contributed by atoms with Gasteiger partial charge in [0.25, 0.3) is 5.91 Å². The van der Waals surface area contributed by atoms with Gasteiger partial charge in [-0.25, -0.2) is 4.79 Å². The molecular weight excluding hydrogens is 262 g/mol. The summed E-state index contributed by atoms with van der Waals surface area (Å²) in [5.41, 5.74) is -1.54. The molecule has 0 saturated heterocycles. The zero-order valence-corrected chi connectivity index (χ0v) is 11.0. The summed E-state index contributed by atoms with van der Waals surface area (Å²) in [6.07, 6.45) is 0. The fraction of sp³-hybridized carbons (Fsp3) is 0.214. The van der Waals surface area contributed by atoms with Gasteiger partial charge >= 0.3 is 5.97 Å². The molecule has 0 aliphatic rings. The normalized spacial score (nSPS) is 11.3. The molecule has 2 N–H and O–H groups in total. The minimum Gasteiger partial charge on any atom is -0.480 e. The molecule has 2 rings (SSSR count). The van der Waals surface area contributed by atoms with Crippen LogP contribution in [0.25, 0.3) is 11.0 Å². The van der Waals surface area contributed by atoms with Crippen molar-refractivity contribution in [2.75, 3.05) is 0 Å². The van der Waals surface area contributed by atoms with E-state index >= 15 is 0 Å². The third kappa shape index (κ3) is 2.54. The van der Waals surface area contributed by atoms with E-state index in [4.69, 9.17) is 9.52 Å². The number of nitrogens with one attached hydrogen (secondary N) is 1. The lowest BCUT2D eigenvalue weighted by Crippen LogP contribution is -2.49. The van der Waals surface area contributed by atoms with E-state index in [1.807, 2.05) is 0 Å². The van der Waals surface area contributed by atoms with Gasteiger partial charge < -0.3 is 14.8 Å². The average molecular weight is 275 g/mol. The van der Waals surface area contributed by atoms with Gasteiger partial charge in [0.15, 0.2) is 11.2 Å². The first-order valence-electron chi connectivity index (χ1n) is 5.90. The number of hydrogen-bond donors (Lipinski definition) is 2. The standard InChI is InChI=1S/C14H13NO5/c1-14(2,13(18)19)15-12(17)11-7-9(16)8-5-3-4-6-10(8)20-11/h3-7H,1-2H3,(H,15,17)(H,18,19). The lowest BCUT2D eigenvalue weighted by atomic mass is 10.1. The fourth-order valence-corrected chi connectivity index (χ4v) is 1.61. The molecule has 0 aliphatic carbocycles. The van der Waals surface area contributed by atoms with Gasteiger partial charge in [0, 0.05) is 6.07 Å². The minimum atomic E-state index is -1.46. The van der Waals surface area contributed by atoms with Gasteiger partial charge in [0.1, 0.15) is 11.1 Å². The van der Waals surface area contributed by atoms with Crippen molar-refractivity contribution in [3.8, 4) is 0 Å². The number of carboxylic acid groups (broad SMARTS) is 1. The van der Waals surface area contributed by atoms with Crippen LogP contribution in [0.3, 0.4) is 0 Å². The van der Waals surface area contributed by atoms with Gasteiger partial charge in [-0.2, -0.15) is 0 Å². The molecule has 2 aromatic rings. The summed E-state index contributed by atoms with van der Waals surface area (Å²) in [6.45, 7) is 2.68. The molecule has 20 heavy (non-hydrogen) atoms. The Bertz CT molecular complexity index is 745. The van der Waals surface area contributed by atoms with E-state index in [9.17, 15) is 14.4 Å². The first-order chi connectivity index (χ1) is 9.31. The number of rotatable bonds is 3. The Morgan fingerprint density at radius 3 is 2.55 bits per heavy atom. The molecule has 6 nitrogen and oxygen atoms in total. The number of fused-ring (bicyclic) bond motifs is 1. The molecule has 1 aromatic heterocycles. The van der Waals surface area contributed by atoms with Crippen LogP contribution in [0.1, 0.15) is 24.4 Å². The molecule has 104 valence electrons. The number of benzene rings is 1. The Hall–Kier alpha value is -2.63. The highest BCUT2D eigenvalue weighted by Crippen LogP contribution is 2.12. The van der Waals surface area contributed by atoms with E-state index in [-0.39, 0.29) is 16.8 Å². The van der Waals surface area contributed by atoms with Crippen LogP contribution in [0.5, 0.6) is 0 Å². The lowest BCUT2D eigenvalue weighted by molar-refractivity contribution is -0.143. The van der Waals surface area contributed by atoms with Crippen LogP contribution in [0.15, 0.2) is 39.5 Å². The highest BCUT2D eigenvalue weighted by atomic mass is 16.4. The first-order valence-corrected chi connectivity index (χ1v) is 5.90. The second kappa shape index (κ2) is 4.80. The number of carbonyl (C=O) groups excluding carboxylic acids is 1. The maximum atomic E-state index is 12.0. The Balaban J connectivity index is 2.41. The lowest BCUT2D eigenvalue weighted by Gasteiger charge is -2.20. The van der Waals surface area contributed by atoms with Crippen molar-refractivity contribution in [2.45, 2.75) is 19.4 Å². The second-order valence-electron chi connectivity index (χ2n) is 4.86. The van der Waals surface area contributed by atoms with Crippen LogP contribution in [0, 0.1) is 0 Å². The number of aliphatic carboxylic acids is 1. The smallest absolute Gasteiger partial charge is 0.328 e. The zero-order valence-electron chi connectivity index (χ0n) is 11.0. The quantitative estimate of drug-likeness (QED) is 0.882. The van der Waals surface area contributed by atoms with Crippen LogP contribution in [-0.4, -0.2) is 22.5 Å². The highest BCUT2D eigenvalue weighted by molar-refractivity contribution is 5.96. The van der Waals surface area contributed by atoms with E-state index in [1.165, 1.54) is 13.8 Å². The summed E-state index contributed by atoms with van der Waals surface area (Å²) in [5, 5.41) is 11.6. The predicted molar refractivity (Wildman–Crippen MR) is 71.7 cm³/mol. The van der Waals surface area contributed by atoms with Gasteiger partial charge in [0.2, 0.25) is 0 Å². The minimum absolute atomic E-state index is 0.219. The third-order valence-corrected chi connectivity index (χ3v) is 2.82. The second-order valence-corrected chi connectivity index (χ2v) is 4.86. The first kappa shape index (κ1) is 13.8. The number of amides is 1. The topological polar surface area (TPSA) is 96.6 Å². The molecule has 0 aliphatic heterocycles. The average Bonchev–Trinajstić information content (AvgIpc) is 2.38. The van der Waals surface area contributed by atoms with Crippen LogP contribution >= 0.6 is 0 Å². The Morgan fingerprint density at radius 1 is 1.25 bits per heavy atom. The largest absolute Gasteiger partial charge is 0.480 e. The van der Waals surface area contributed by atoms with Gasteiger partial charge in [0.05, 0.1) is 5.39 Å². The highest BCUT2D eigenvalue weighted by Gasteiger charge is 2.30. The maximum absolute atomic E-state index is 12.0. The third-order valence-electron chi connectivity index (χ3n) is 2.82. The fourth-order valence-electron chi connectivity index (χ4n) is 1.61. The van der Waals surface area contributed by atoms with Crippen LogP contribution in [0.4, 0.5) is 0 Å². The summed E-state index contributed by atoms with van der Waals surface area (Å²) >= 11 is 0. The molecule has 0 fully saturated rings. The summed E-state index contributed by atoms with van der Waals surface area (Å²) in [5.74, 6) is -2.16. The molecule has 0 unspecified atom stereocenters. The number of carboxylic acids is 1. The van der Waals surface area contributed by atoms with Gasteiger partial charge in [-0.15, -0.1) is 0 Å². The SMILES string of the molecule is CC(C)(NC(=O)c1cc(=O)c2ccccc2o1)C(=O)O. The molecule has 0 spiro atoms. The van der Waals surface area contributed by atoms with Crippen LogP contribution in [0.2, 0.25) is 0 Å². The summed E-state index contributed by atoms with van der Waals surface area (Å²) < 4.78 is 5.33. The van der Waals surface area contributed by atoms with Crippen molar-refractivity contribution in [2.24, 2.45) is 0 Å². The Morgan fingerprint density at radius 2 is 1.90 bits per heavy atom. The van der Waals surface area contributed by atoms with E-state index in [1.54, 1.807) is 24.3 Å². The van der Waals surface area contributed by atoms with Gasteiger partial charge in [-0.05, 0) is 26.0 Å². The molecule has 0 radical (unpaired) electrons. The van der Waals surface area contributed by atoms with E-state index in [0.717, 1.165) is 6.07 Å². The van der Waals surface area contributed by atoms with Crippen LogP contribution in [-0.2, 0) is 4.79 Å². The summed E-state index contributed by atoms with van der Waals surface area (Å²) in [7, 11) is 0. The predicted octanol–water partition coefficient (Wildman–Crippen LogP) is 1.39. The maximum Gasteiger partial charge on any atom is 0.328 e. The molecular formula is C14H13NO5. The Kier molecular flexibility index (Phi) is 3.31. The molecule has 0 saturated carbocycles. The molecule has 1 heterocycles. The molecule has 1 aromatic carbocycles. The van der Waals surface area contributed by atoms with E-state index in [2.05, 4.69) is 5.32 Å².